The first kappa shape index (κ1) is 15.4. The van der Waals surface area contributed by atoms with E-state index in [2.05, 4.69) is 11.1 Å². The van der Waals surface area contributed by atoms with Gasteiger partial charge in [-0.15, -0.1) is 6.58 Å². The van der Waals surface area contributed by atoms with E-state index >= 15 is 0 Å². The normalized spacial score (nSPS) is 17.6. The summed E-state index contributed by atoms with van der Waals surface area (Å²) in [5, 5.41) is 27.3. The van der Waals surface area contributed by atoms with E-state index in [0.29, 0.717) is 0 Å². The van der Waals surface area contributed by atoms with Crippen molar-refractivity contribution >= 4 is 13.6 Å². The van der Waals surface area contributed by atoms with E-state index in [4.69, 9.17) is 25.1 Å². The molecule has 0 fully saturated rings. The highest BCUT2D eigenvalue weighted by molar-refractivity contribution is 7.46. The van der Waals surface area contributed by atoms with E-state index in [-0.39, 0.29) is 0 Å². The molecule has 0 aromatic carbocycles. The monoisotopic (exact) mass is 256 g/mol. The number of aliphatic hydroxyl groups is 3. The van der Waals surface area contributed by atoms with Crippen LogP contribution >= 0.6 is 7.82 Å². The summed E-state index contributed by atoms with van der Waals surface area (Å²) in [6, 6.07) is 0. The highest BCUT2D eigenvalue weighted by atomic mass is 31.2. The van der Waals surface area contributed by atoms with E-state index in [9.17, 15) is 9.36 Å². The van der Waals surface area contributed by atoms with Crippen LogP contribution in [0.4, 0.5) is 0 Å². The Hall–Kier alpha value is -0.600. The number of hydrogen-bond donors (Lipinski definition) is 5. The van der Waals surface area contributed by atoms with Crippen molar-refractivity contribution in [3.63, 3.8) is 0 Å². The molecule has 5 N–H and O–H groups in total. The molecule has 3 atom stereocenters. The second-order valence-corrected chi connectivity index (χ2v) is 4.13. The van der Waals surface area contributed by atoms with Crippen molar-refractivity contribution in [3.05, 3.63) is 12.7 Å². The lowest BCUT2D eigenvalue weighted by molar-refractivity contribution is -0.139. The molecule has 0 radical (unpaired) electrons. The lowest BCUT2D eigenvalue weighted by Gasteiger charge is -2.19. The number of carbonyl (C=O) groups excluding carboxylic acids is 1. The third-order valence-electron chi connectivity index (χ3n) is 1.62. The molecule has 0 spiro atoms. The number of rotatable bonds is 7. The molecule has 0 aliphatic rings. The van der Waals surface area contributed by atoms with Gasteiger partial charge in [-0.2, -0.15) is 0 Å². The number of ketones is 1. The van der Waals surface area contributed by atoms with Gasteiger partial charge in [-0.3, -0.25) is 9.32 Å². The van der Waals surface area contributed by atoms with Crippen molar-refractivity contribution < 1.29 is 39.0 Å². The first-order valence-electron chi connectivity index (χ1n) is 4.08. The Morgan fingerprint density at radius 1 is 1.38 bits per heavy atom. The Kier molecular flexibility index (Phi) is 5.98. The zero-order chi connectivity index (χ0) is 12.9. The van der Waals surface area contributed by atoms with E-state index in [0.717, 1.165) is 6.08 Å². The van der Waals surface area contributed by atoms with Gasteiger partial charge >= 0.3 is 7.82 Å². The van der Waals surface area contributed by atoms with Crippen LogP contribution in [0, 0.1) is 0 Å². The highest BCUT2D eigenvalue weighted by Crippen LogP contribution is 2.35. The van der Waals surface area contributed by atoms with Crippen molar-refractivity contribution in [3.8, 4) is 0 Å². The SMILES string of the molecule is C=C[C@H](O)C(O)C(O)C(=O)COP(=O)(O)O. The number of Topliss-reactive ketones (excluding diaryl/α,β-unsaturated/α-hetero) is 1. The van der Waals surface area contributed by atoms with Crippen LogP contribution in [0.5, 0.6) is 0 Å². The Morgan fingerprint density at radius 2 is 1.88 bits per heavy atom. The molecule has 0 aromatic rings. The number of carbonyl (C=O) groups is 1. The molecule has 94 valence electrons. The maximum Gasteiger partial charge on any atom is 0.470 e. The summed E-state index contributed by atoms with van der Waals surface area (Å²) in [7, 11) is -4.82. The van der Waals surface area contributed by atoms with Gasteiger partial charge in [0.05, 0.1) is 0 Å². The maximum absolute atomic E-state index is 11.0. The minimum Gasteiger partial charge on any atom is -0.387 e. The minimum absolute atomic E-state index is 0.894. The van der Waals surface area contributed by atoms with E-state index < -0.39 is 38.5 Å². The average molecular weight is 256 g/mol. The fourth-order valence-electron chi connectivity index (χ4n) is 0.750. The molecule has 16 heavy (non-hydrogen) atoms. The predicted molar refractivity (Wildman–Crippen MR) is 51.2 cm³/mol. The number of phosphoric ester groups is 1. The van der Waals surface area contributed by atoms with Gasteiger partial charge in [0.15, 0.2) is 5.78 Å². The summed E-state index contributed by atoms with van der Waals surface area (Å²) in [6.07, 6.45) is -4.48. The summed E-state index contributed by atoms with van der Waals surface area (Å²) < 4.78 is 14.0. The topological polar surface area (TPSA) is 145 Å². The third kappa shape index (κ3) is 5.47. The molecule has 2 unspecified atom stereocenters. The van der Waals surface area contributed by atoms with E-state index in [1.807, 2.05) is 0 Å². The summed E-state index contributed by atoms with van der Waals surface area (Å²) in [6.45, 7) is 2.04. The lowest BCUT2D eigenvalue weighted by Crippen LogP contribution is -2.42. The van der Waals surface area contributed by atoms with E-state index in [1.165, 1.54) is 0 Å². The van der Waals surface area contributed by atoms with Crippen molar-refractivity contribution in [2.45, 2.75) is 18.3 Å². The van der Waals surface area contributed by atoms with Gasteiger partial charge in [-0.25, -0.2) is 4.57 Å². The van der Waals surface area contributed by atoms with Crippen molar-refractivity contribution in [2.75, 3.05) is 6.61 Å². The molecule has 0 saturated carbocycles. The Labute approximate surface area is 91.0 Å². The summed E-state index contributed by atoms with van der Waals surface area (Å²) in [5.41, 5.74) is 0. The standard InChI is InChI=1S/C7H13O8P/c1-2-4(8)6(10)7(11)5(9)3-15-16(12,13)14/h2,4,6-8,10-11H,1,3H2,(H2,12,13,14)/t4-,6?,7?/m0/s1. The number of phosphoric acid groups is 1. The summed E-state index contributed by atoms with van der Waals surface area (Å²) in [5.74, 6) is -1.17. The van der Waals surface area contributed by atoms with Crippen LogP contribution in [0.25, 0.3) is 0 Å². The van der Waals surface area contributed by atoms with Gasteiger partial charge in [-0.05, 0) is 0 Å². The van der Waals surface area contributed by atoms with E-state index in [1.54, 1.807) is 0 Å². The largest absolute Gasteiger partial charge is 0.470 e. The Balaban J connectivity index is 4.28. The van der Waals surface area contributed by atoms with Crippen molar-refractivity contribution in [1.82, 2.24) is 0 Å². The van der Waals surface area contributed by atoms with Crippen LogP contribution in [0.2, 0.25) is 0 Å². The predicted octanol–water partition coefficient (Wildman–Crippen LogP) is -2.07. The second-order valence-electron chi connectivity index (χ2n) is 2.89. The average Bonchev–Trinajstić information content (AvgIpc) is 2.21. The smallest absolute Gasteiger partial charge is 0.387 e. The van der Waals surface area contributed by atoms with Gasteiger partial charge in [-0.1, -0.05) is 6.08 Å². The zero-order valence-electron chi connectivity index (χ0n) is 8.13. The van der Waals surface area contributed by atoms with Gasteiger partial charge in [0.1, 0.15) is 24.9 Å². The molecule has 0 rings (SSSR count). The minimum atomic E-state index is -4.82. The quantitative estimate of drug-likeness (QED) is 0.258. The van der Waals surface area contributed by atoms with Crippen molar-refractivity contribution in [1.29, 1.82) is 0 Å². The van der Waals surface area contributed by atoms with Crippen LogP contribution in [0.3, 0.4) is 0 Å². The number of aliphatic hydroxyl groups excluding tert-OH is 3. The maximum atomic E-state index is 11.0. The zero-order valence-corrected chi connectivity index (χ0v) is 9.03. The molecule has 0 aliphatic carbocycles. The molecule has 0 bridgehead atoms. The molecule has 0 aromatic heterocycles. The molecular weight excluding hydrogens is 243 g/mol. The fourth-order valence-corrected chi connectivity index (χ4v) is 1.05. The Bertz CT molecular complexity index is 297. The molecule has 0 aliphatic heterocycles. The summed E-state index contributed by atoms with van der Waals surface area (Å²) in [4.78, 5) is 27.6. The van der Waals surface area contributed by atoms with Crippen LogP contribution in [0.1, 0.15) is 0 Å². The summed E-state index contributed by atoms with van der Waals surface area (Å²) >= 11 is 0. The van der Waals surface area contributed by atoms with Gasteiger partial charge in [0, 0.05) is 0 Å². The molecule has 0 heterocycles. The third-order valence-corrected chi connectivity index (χ3v) is 2.09. The van der Waals surface area contributed by atoms with Gasteiger partial charge in [0.25, 0.3) is 0 Å². The Morgan fingerprint density at radius 3 is 2.25 bits per heavy atom. The fraction of sp³-hybridized carbons (Fsp3) is 0.571. The molecule has 0 saturated heterocycles. The molecule has 8 nitrogen and oxygen atoms in total. The first-order valence-corrected chi connectivity index (χ1v) is 5.61. The molecule has 0 amide bonds. The molecular formula is C7H13O8P. The van der Waals surface area contributed by atoms with Crippen molar-refractivity contribution in [2.24, 2.45) is 0 Å². The van der Waals surface area contributed by atoms with Crippen LogP contribution < -0.4 is 0 Å². The highest BCUT2D eigenvalue weighted by Gasteiger charge is 2.30. The van der Waals surface area contributed by atoms with Gasteiger partial charge < -0.3 is 25.1 Å². The second kappa shape index (κ2) is 6.21. The van der Waals surface area contributed by atoms with Crippen LogP contribution in [0.15, 0.2) is 12.7 Å². The van der Waals surface area contributed by atoms with Crippen LogP contribution in [-0.4, -0.2) is 55.8 Å². The number of hydrogen-bond acceptors (Lipinski definition) is 6. The molecule has 9 heteroatoms. The van der Waals surface area contributed by atoms with Crippen LogP contribution in [-0.2, 0) is 13.9 Å². The van der Waals surface area contributed by atoms with Gasteiger partial charge in [0.2, 0.25) is 0 Å². The first-order chi connectivity index (χ1) is 7.19. The lowest BCUT2D eigenvalue weighted by atomic mass is 10.1.